The van der Waals surface area contributed by atoms with Crippen LogP contribution in [0.2, 0.25) is 0 Å². The van der Waals surface area contributed by atoms with Crippen LogP contribution in [-0.2, 0) is 6.42 Å². The summed E-state index contributed by atoms with van der Waals surface area (Å²) in [5.74, 6) is 0.880. The Hall–Kier alpha value is -2.34. The number of carbonyl (C=O) groups excluding carboxylic acids is 1. The highest BCUT2D eigenvalue weighted by atomic mass is 16.5. The fourth-order valence-corrected chi connectivity index (χ4v) is 3.48. The predicted octanol–water partition coefficient (Wildman–Crippen LogP) is 2.35. The first-order chi connectivity index (χ1) is 11.5. The van der Waals surface area contributed by atoms with Gasteiger partial charge in [0, 0.05) is 24.4 Å². The molecule has 2 aromatic rings. The van der Waals surface area contributed by atoms with Gasteiger partial charge >= 0.3 is 6.03 Å². The zero-order chi connectivity index (χ0) is 17.3. The van der Waals surface area contributed by atoms with Crippen LogP contribution in [-0.4, -0.2) is 28.9 Å². The van der Waals surface area contributed by atoms with E-state index in [2.05, 4.69) is 15.8 Å². The summed E-state index contributed by atoms with van der Waals surface area (Å²) in [6.45, 7) is 6.26. The first-order valence-corrected chi connectivity index (χ1v) is 8.20. The van der Waals surface area contributed by atoms with Crippen LogP contribution < -0.4 is 10.6 Å². The summed E-state index contributed by atoms with van der Waals surface area (Å²) in [7, 11) is 0. The average molecular weight is 329 g/mol. The molecule has 1 aliphatic carbocycles. The van der Waals surface area contributed by atoms with Gasteiger partial charge in [0.15, 0.2) is 0 Å². The average Bonchev–Trinajstić information content (AvgIpc) is 3.05. The molecule has 1 heterocycles. The number of nitrogens with one attached hydrogen (secondary N) is 2. The van der Waals surface area contributed by atoms with Crippen molar-refractivity contribution in [2.45, 2.75) is 45.3 Å². The first kappa shape index (κ1) is 16.5. The zero-order valence-corrected chi connectivity index (χ0v) is 14.2. The molecule has 2 amide bonds. The van der Waals surface area contributed by atoms with E-state index in [1.807, 2.05) is 45.0 Å². The van der Waals surface area contributed by atoms with Gasteiger partial charge in [-0.15, -0.1) is 0 Å². The minimum absolute atomic E-state index is 0.0998. The van der Waals surface area contributed by atoms with E-state index < -0.39 is 6.10 Å². The van der Waals surface area contributed by atoms with Gasteiger partial charge in [-0.05, 0) is 25.0 Å². The predicted molar refractivity (Wildman–Crippen MR) is 89.8 cm³/mol. The molecule has 1 aliphatic rings. The van der Waals surface area contributed by atoms with Crippen molar-refractivity contribution >= 4 is 6.03 Å². The van der Waals surface area contributed by atoms with Gasteiger partial charge in [-0.3, -0.25) is 0 Å². The number of aliphatic hydroxyl groups excluding tert-OH is 1. The lowest BCUT2D eigenvalue weighted by atomic mass is 10.00. The standard InChI is InChI=1S/C18H23N3O3/c1-10(16-11(2)21-24-12(16)3)9-19-18(23)20-17-14-7-5-4-6-13(14)8-15(17)22/h4-7,10,15,17,22H,8-9H2,1-3H3,(H2,19,20,23)/t10-,15+,17-/m1/s1. The molecular weight excluding hydrogens is 306 g/mol. The smallest absolute Gasteiger partial charge is 0.315 e. The molecule has 3 N–H and O–H groups in total. The van der Waals surface area contributed by atoms with Crippen molar-refractivity contribution in [2.24, 2.45) is 0 Å². The lowest BCUT2D eigenvalue weighted by Crippen LogP contribution is -2.42. The number of fused-ring (bicyclic) bond motifs is 1. The number of hydrogen-bond acceptors (Lipinski definition) is 4. The van der Waals surface area contributed by atoms with Gasteiger partial charge in [-0.2, -0.15) is 0 Å². The van der Waals surface area contributed by atoms with Crippen LogP contribution in [0.4, 0.5) is 4.79 Å². The van der Waals surface area contributed by atoms with Crippen LogP contribution in [0.15, 0.2) is 28.8 Å². The Morgan fingerprint density at radius 2 is 2.17 bits per heavy atom. The van der Waals surface area contributed by atoms with Gasteiger partial charge in [0.1, 0.15) is 5.76 Å². The third-order valence-electron chi connectivity index (χ3n) is 4.64. The molecule has 3 rings (SSSR count). The molecular formula is C18H23N3O3. The van der Waals surface area contributed by atoms with Crippen molar-refractivity contribution in [1.29, 1.82) is 0 Å². The van der Waals surface area contributed by atoms with Crippen LogP contribution in [0.25, 0.3) is 0 Å². The van der Waals surface area contributed by atoms with E-state index in [-0.39, 0.29) is 18.0 Å². The minimum Gasteiger partial charge on any atom is -0.390 e. The third kappa shape index (κ3) is 3.14. The Morgan fingerprint density at radius 1 is 1.42 bits per heavy atom. The molecule has 0 fully saturated rings. The quantitative estimate of drug-likeness (QED) is 0.803. The monoisotopic (exact) mass is 329 g/mol. The second-order valence-electron chi connectivity index (χ2n) is 6.44. The number of amides is 2. The van der Waals surface area contributed by atoms with Gasteiger partial charge in [0.2, 0.25) is 0 Å². The number of nitrogens with zero attached hydrogens (tertiary/aromatic N) is 1. The molecule has 0 saturated heterocycles. The number of benzene rings is 1. The Bertz CT molecular complexity index is 721. The van der Waals surface area contributed by atoms with Gasteiger partial charge < -0.3 is 20.3 Å². The van der Waals surface area contributed by atoms with Crippen molar-refractivity contribution < 1.29 is 14.4 Å². The maximum atomic E-state index is 12.2. The van der Waals surface area contributed by atoms with Crippen LogP contribution in [0.5, 0.6) is 0 Å². The third-order valence-corrected chi connectivity index (χ3v) is 4.64. The molecule has 128 valence electrons. The van der Waals surface area contributed by atoms with Crippen molar-refractivity contribution in [2.75, 3.05) is 6.54 Å². The number of aryl methyl sites for hydroxylation is 2. The zero-order valence-electron chi connectivity index (χ0n) is 14.2. The molecule has 0 radical (unpaired) electrons. The molecule has 1 aromatic carbocycles. The number of hydrogen-bond donors (Lipinski definition) is 3. The Balaban J connectivity index is 1.59. The summed E-state index contributed by atoms with van der Waals surface area (Å²) in [5, 5.41) is 19.9. The summed E-state index contributed by atoms with van der Waals surface area (Å²) in [6, 6.07) is 7.15. The molecule has 6 nitrogen and oxygen atoms in total. The SMILES string of the molecule is Cc1noc(C)c1[C@H](C)CNC(=O)N[C@@H]1c2ccccc2C[C@@H]1O. The van der Waals surface area contributed by atoms with Gasteiger partial charge in [0.25, 0.3) is 0 Å². The minimum atomic E-state index is -0.590. The normalized spacial score (nSPS) is 20.5. The maximum Gasteiger partial charge on any atom is 0.315 e. The molecule has 0 unspecified atom stereocenters. The lowest BCUT2D eigenvalue weighted by molar-refractivity contribution is 0.142. The van der Waals surface area contributed by atoms with Crippen LogP contribution in [0, 0.1) is 13.8 Å². The van der Waals surface area contributed by atoms with Crippen molar-refractivity contribution in [3.05, 3.63) is 52.4 Å². The number of urea groups is 1. The fourth-order valence-electron chi connectivity index (χ4n) is 3.48. The topological polar surface area (TPSA) is 87.4 Å². The summed E-state index contributed by atoms with van der Waals surface area (Å²) >= 11 is 0. The summed E-state index contributed by atoms with van der Waals surface area (Å²) in [6.07, 6.45) is -0.0236. The molecule has 6 heteroatoms. The summed E-state index contributed by atoms with van der Waals surface area (Å²) in [5.41, 5.74) is 3.95. The van der Waals surface area contributed by atoms with E-state index in [9.17, 15) is 9.90 Å². The summed E-state index contributed by atoms with van der Waals surface area (Å²) in [4.78, 5) is 12.2. The maximum absolute atomic E-state index is 12.2. The molecule has 0 bridgehead atoms. The van der Waals surface area contributed by atoms with Gasteiger partial charge in [0.05, 0.1) is 17.8 Å². The van der Waals surface area contributed by atoms with E-state index in [1.54, 1.807) is 0 Å². The summed E-state index contributed by atoms with van der Waals surface area (Å²) < 4.78 is 5.17. The van der Waals surface area contributed by atoms with E-state index in [4.69, 9.17) is 4.52 Å². The van der Waals surface area contributed by atoms with Crippen molar-refractivity contribution in [3.63, 3.8) is 0 Å². The lowest BCUT2D eigenvalue weighted by Gasteiger charge is -2.19. The van der Waals surface area contributed by atoms with E-state index in [0.717, 1.165) is 28.1 Å². The van der Waals surface area contributed by atoms with E-state index >= 15 is 0 Å². The molecule has 0 saturated carbocycles. The molecule has 0 aliphatic heterocycles. The second-order valence-corrected chi connectivity index (χ2v) is 6.44. The van der Waals surface area contributed by atoms with Gasteiger partial charge in [-0.25, -0.2) is 4.79 Å². The number of rotatable bonds is 4. The Morgan fingerprint density at radius 3 is 2.88 bits per heavy atom. The Labute approximate surface area is 141 Å². The molecule has 1 aromatic heterocycles. The molecule has 3 atom stereocenters. The van der Waals surface area contributed by atoms with Crippen molar-refractivity contribution in [3.8, 4) is 0 Å². The highest BCUT2D eigenvalue weighted by molar-refractivity contribution is 5.75. The van der Waals surface area contributed by atoms with E-state index in [0.29, 0.717) is 13.0 Å². The number of aromatic nitrogens is 1. The largest absolute Gasteiger partial charge is 0.390 e. The van der Waals surface area contributed by atoms with E-state index in [1.165, 1.54) is 0 Å². The van der Waals surface area contributed by atoms with Crippen molar-refractivity contribution in [1.82, 2.24) is 15.8 Å². The number of carbonyl (C=O) groups is 1. The Kier molecular flexibility index (Phi) is 4.57. The van der Waals surface area contributed by atoms with Gasteiger partial charge in [-0.1, -0.05) is 36.3 Å². The first-order valence-electron chi connectivity index (χ1n) is 8.20. The van der Waals surface area contributed by atoms with Crippen LogP contribution in [0.1, 0.15) is 47.0 Å². The molecule has 24 heavy (non-hydrogen) atoms. The molecule has 0 spiro atoms. The van der Waals surface area contributed by atoms with Crippen LogP contribution >= 0.6 is 0 Å². The van der Waals surface area contributed by atoms with Crippen LogP contribution in [0.3, 0.4) is 0 Å². The highest BCUT2D eigenvalue weighted by Crippen LogP contribution is 2.31. The fraction of sp³-hybridized carbons (Fsp3) is 0.444. The highest BCUT2D eigenvalue weighted by Gasteiger charge is 2.31. The number of aliphatic hydroxyl groups is 1. The second kappa shape index (κ2) is 6.65.